The van der Waals surface area contributed by atoms with E-state index in [1.807, 2.05) is 38.4 Å². The van der Waals surface area contributed by atoms with Gasteiger partial charge in [0, 0.05) is 24.7 Å². The van der Waals surface area contributed by atoms with Gasteiger partial charge < -0.3 is 10.2 Å². The molecule has 0 aliphatic rings. The molecule has 6 heteroatoms. The Balaban J connectivity index is 2.11. The molecule has 126 valence electrons. The lowest BCUT2D eigenvalue weighted by Crippen LogP contribution is -2.10. The minimum absolute atomic E-state index is 0.0908. The molecule has 0 radical (unpaired) electrons. The average molecular weight is 327 g/mol. The number of nitrogens with zero attached hydrogens (tertiary/aromatic N) is 2. The fourth-order valence-electron chi connectivity index (χ4n) is 2.38. The second-order valence-electron chi connectivity index (χ2n) is 5.95. The normalized spacial score (nSPS) is 10.7. The van der Waals surface area contributed by atoms with Gasteiger partial charge in [-0.15, -0.1) is 0 Å². The van der Waals surface area contributed by atoms with E-state index >= 15 is 0 Å². The van der Waals surface area contributed by atoms with Gasteiger partial charge in [-0.2, -0.15) is 0 Å². The number of carbonyl (C=O) groups is 1. The summed E-state index contributed by atoms with van der Waals surface area (Å²) in [6, 6.07) is 12.6. The third kappa shape index (κ3) is 4.63. The second-order valence-corrected chi connectivity index (χ2v) is 5.95. The highest BCUT2D eigenvalue weighted by molar-refractivity contribution is 5.95. The Kier molecular flexibility index (Phi) is 5.65. The Hall–Kier alpha value is -2.73. The van der Waals surface area contributed by atoms with Crippen LogP contribution in [0.4, 0.5) is 11.4 Å². The number of nitro benzene ring substituents is 1. The summed E-state index contributed by atoms with van der Waals surface area (Å²) in [5, 5.41) is 14.3. The Labute approximate surface area is 141 Å². The summed E-state index contributed by atoms with van der Waals surface area (Å²) in [7, 11) is 4.03. The van der Waals surface area contributed by atoms with Crippen LogP contribution in [0.5, 0.6) is 0 Å². The number of rotatable bonds is 7. The summed E-state index contributed by atoms with van der Waals surface area (Å²) >= 11 is 0. The zero-order chi connectivity index (χ0) is 17.7. The molecule has 0 aliphatic carbocycles. The Bertz CT molecular complexity index is 740. The van der Waals surface area contributed by atoms with Gasteiger partial charge >= 0.3 is 0 Å². The fourth-order valence-corrected chi connectivity index (χ4v) is 2.38. The monoisotopic (exact) mass is 327 g/mol. The van der Waals surface area contributed by atoms with Gasteiger partial charge in [0.25, 0.3) is 5.69 Å². The molecule has 0 aromatic heterocycles. The van der Waals surface area contributed by atoms with E-state index in [-0.39, 0.29) is 11.5 Å². The van der Waals surface area contributed by atoms with E-state index in [1.54, 1.807) is 12.1 Å². The molecule has 0 saturated heterocycles. The van der Waals surface area contributed by atoms with Crippen molar-refractivity contribution in [2.45, 2.75) is 20.0 Å². The van der Waals surface area contributed by atoms with E-state index in [2.05, 4.69) is 10.2 Å². The van der Waals surface area contributed by atoms with E-state index in [9.17, 15) is 14.9 Å². The average Bonchev–Trinajstić information content (AvgIpc) is 2.53. The zero-order valence-corrected chi connectivity index (χ0v) is 14.1. The minimum atomic E-state index is -0.477. The highest BCUT2D eigenvalue weighted by Crippen LogP contribution is 2.26. The van der Waals surface area contributed by atoms with Crippen LogP contribution < -0.4 is 5.32 Å². The van der Waals surface area contributed by atoms with E-state index < -0.39 is 4.92 Å². The van der Waals surface area contributed by atoms with Gasteiger partial charge in [-0.05, 0) is 44.3 Å². The van der Waals surface area contributed by atoms with E-state index in [4.69, 9.17) is 0 Å². The predicted octanol–water partition coefficient (Wildman–Crippen LogP) is 3.47. The zero-order valence-electron chi connectivity index (χ0n) is 14.1. The quantitative estimate of drug-likeness (QED) is 0.479. The van der Waals surface area contributed by atoms with E-state index in [0.717, 1.165) is 12.1 Å². The van der Waals surface area contributed by atoms with Crippen molar-refractivity contribution >= 4 is 17.2 Å². The number of nitrogens with one attached hydrogen (secondary N) is 1. The van der Waals surface area contributed by atoms with Crippen molar-refractivity contribution in [2.75, 3.05) is 19.4 Å². The van der Waals surface area contributed by atoms with Gasteiger partial charge in [0.1, 0.15) is 5.69 Å². The Morgan fingerprint density at radius 1 is 1.12 bits per heavy atom. The molecule has 0 amide bonds. The number of carbonyl (C=O) groups excluding carboxylic acids is 1. The van der Waals surface area contributed by atoms with E-state index in [1.165, 1.54) is 18.6 Å². The first-order valence-electron chi connectivity index (χ1n) is 7.62. The van der Waals surface area contributed by atoms with Crippen LogP contribution in [-0.4, -0.2) is 29.7 Å². The Morgan fingerprint density at radius 2 is 1.75 bits per heavy atom. The molecule has 0 heterocycles. The van der Waals surface area contributed by atoms with Crippen LogP contribution in [0.15, 0.2) is 42.5 Å². The molecular weight excluding hydrogens is 306 g/mol. The number of nitro groups is 1. The van der Waals surface area contributed by atoms with Crippen molar-refractivity contribution in [1.29, 1.82) is 0 Å². The molecule has 2 rings (SSSR count). The van der Waals surface area contributed by atoms with Crippen molar-refractivity contribution in [3.05, 3.63) is 69.3 Å². The first-order valence-corrected chi connectivity index (χ1v) is 7.62. The van der Waals surface area contributed by atoms with Crippen LogP contribution >= 0.6 is 0 Å². The van der Waals surface area contributed by atoms with Crippen LogP contribution in [0.25, 0.3) is 0 Å². The van der Waals surface area contributed by atoms with Crippen LogP contribution in [0.3, 0.4) is 0 Å². The lowest BCUT2D eigenvalue weighted by Gasteiger charge is -2.11. The summed E-state index contributed by atoms with van der Waals surface area (Å²) in [4.78, 5) is 24.2. The van der Waals surface area contributed by atoms with Crippen LogP contribution in [0.1, 0.15) is 28.4 Å². The molecule has 0 aliphatic heterocycles. The number of hydrogen-bond acceptors (Lipinski definition) is 5. The molecule has 0 saturated carbocycles. The van der Waals surface area contributed by atoms with Gasteiger partial charge in [-0.3, -0.25) is 14.9 Å². The summed E-state index contributed by atoms with van der Waals surface area (Å²) in [6.45, 7) is 2.73. The lowest BCUT2D eigenvalue weighted by molar-refractivity contribution is -0.384. The molecule has 6 nitrogen and oxygen atoms in total. The number of anilines is 1. The molecule has 2 aromatic rings. The summed E-state index contributed by atoms with van der Waals surface area (Å²) < 4.78 is 0. The second kappa shape index (κ2) is 7.70. The molecule has 0 atom stereocenters. The maximum Gasteiger partial charge on any atom is 0.293 e. The van der Waals surface area contributed by atoms with Crippen molar-refractivity contribution in [2.24, 2.45) is 0 Å². The maximum atomic E-state index is 11.4. The van der Waals surface area contributed by atoms with Gasteiger partial charge in [0.2, 0.25) is 0 Å². The standard InChI is InChI=1S/C18H21N3O3/c1-13(22)16-8-9-17(18(10-16)21(23)24)19-11-14-4-6-15(7-5-14)12-20(2)3/h4-10,19H,11-12H2,1-3H3. The van der Waals surface area contributed by atoms with E-state index in [0.29, 0.717) is 17.8 Å². The molecule has 0 bridgehead atoms. The summed E-state index contributed by atoms with van der Waals surface area (Å²) in [6.07, 6.45) is 0. The highest BCUT2D eigenvalue weighted by atomic mass is 16.6. The first-order chi connectivity index (χ1) is 11.4. The lowest BCUT2D eigenvalue weighted by atomic mass is 10.1. The molecule has 0 unspecified atom stereocenters. The van der Waals surface area contributed by atoms with Gasteiger partial charge in [-0.25, -0.2) is 0 Å². The van der Waals surface area contributed by atoms with Gasteiger partial charge in [0.05, 0.1) is 4.92 Å². The largest absolute Gasteiger partial charge is 0.375 e. The fraction of sp³-hybridized carbons (Fsp3) is 0.278. The molecule has 24 heavy (non-hydrogen) atoms. The molecule has 2 aromatic carbocycles. The van der Waals surface area contributed by atoms with Crippen molar-refractivity contribution in [3.63, 3.8) is 0 Å². The molecule has 1 N–H and O–H groups in total. The van der Waals surface area contributed by atoms with Gasteiger partial charge in [-0.1, -0.05) is 24.3 Å². The Morgan fingerprint density at radius 3 is 2.29 bits per heavy atom. The number of Topliss-reactive ketones (excluding diaryl/α,β-unsaturated/α-hetero) is 1. The van der Waals surface area contributed by atoms with Crippen LogP contribution in [0.2, 0.25) is 0 Å². The third-order valence-electron chi connectivity index (χ3n) is 3.61. The summed E-state index contributed by atoms with van der Waals surface area (Å²) in [5.74, 6) is -0.193. The summed E-state index contributed by atoms with van der Waals surface area (Å²) in [5.41, 5.74) is 2.89. The maximum absolute atomic E-state index is 11.4. The first kappa shape index (κ1) is 17.6. The van der Waals surface area contributed by atoms with Crippen molar-refractivity contribution in [1.82, 2.24) is 4.90 Å². The number of hydrogen-bond donors (Lipinski definition) is 1. The highest BCUT2D eigenvalue weighted by Gasteiger charge is 2.15. The number of benzene rings is 2. The van der Waals surface area contributed by atoms with Crippen LogP contribution in [0, 0.1) is 10.1 Å². The topological polar surface area (TPSA) is 75.5 Å². The molecule has 0 spiro atoms. The van der Waals surface area contributed by atoms with Crippen molar-refractivity contribution < 1.29 is 9.72 Å². The predicted molar refractivity (Wildman–Crippen MR) is 94.3 cm³/mol. The third-order valence-corrected chi connectivity index (χ3v) is 3.61. The molecular formula is C18H21N3O3. The van der Waals surface area contributed by atoms with Crippen LogP contribution in [-0.2, 0) is 13.1 Å². The van der Waals surface area contributed by atoms with Crippen molar-refractivity contribution in [3.8, 4) is 0 Å². The smallest absolute Gasteiger partial charge is 0.293 e. The number of ketones is 1. The minimum Gasteiger partial charge on any atom is -0.375 e. The van der Waals surface area contributed by atoms with Gasteiger partial charge in [0.15, 0.2) is 5.78 Å². The SMILES string of the molecule is CC(=O)c1ccc(NCc2ccc(CN(C)C)cc2)c([N+](=O)[O-])c1. The molecule has 0 fully saturated rings.